The highest BCUT2D eigenvalue weighted by atomic mass is 32.1. The number of aromatic nitrogens is 2. The highest BCUT2D eigenvalue weighted by Crippen LogP contribution is 2.30. The zero-order chi connectivity index (χ0) is 13.2. The summed E-state index contributed by atoms with van der Waals surface area (Å²) in [5.74, 6) is 0.656. The number of nitrogens with zero attached hydrogens (tertiary/aromatic N) is 3. The molecule has 3 rings (SSSR count). The van der Waals surface area contributed by atoms with Crippen LogP contribution in [0.3, 0.4) is 0 Å². The van der Waals surface area contributed by atoms with Crippen LogP contribution in [-0.4, -0.2) is 9.55 Å². The van der Waals surface area contributed by atoms with Crippen molar-refractivity contribution in [3.8, 4) is 17.4 Å². The number of fused-ring (bicyclic) bond motifs is 1. The van der Waals surface area contributed by atoms with E-state index >= 15 is 0 Å². The molecular formula is C13H9N3O2S. The summed E-state index contributed by atoms with van der Waals surface area (Å²) in [7, 11) is 0. The predicted octanol–water partition coefficient (Wildman–Crippen LogP) is 2.63. The first kappa shape index (κ1) is 11.7. The fourth-order valence-electron chi connectivity index (χ4n) is 1.91. The van der Waals surface area contributed by atoms with Gasteiger partial charge in [0.05, 0.1) is 30.5 Å². The van der Waals surface area contributed by atoms with Gasteiger partial charge in [-0.3, -0.25) is 9.36 Å². The van der Waals surface area contributed by atoms with E-state index < -0.39 is 0 Å². The maximum absolute atomic E-state index is 12.4. The van der Waals surface area contributed by atoms with Gasteiger partial charge in [-0.1, -0.05) is 0 Å². The predicted molar refractivity (Wildman–Crippen MR) is 71.8 cm³/mol. The van der Waals surface area contributed by atoms with Gasteiger partial charge in [0.2, 0.25) is 0 Å². The number of hydrogen-bond donors (Lipinski definition) is 0. The van der Waals surface area contributed by atoms with Crippen molar-refractivity contribution in [3.05, 3.63) is 40.5 Å². The van der Waals surface area contributed by atoms with Crippen LogP contribution in [0.5, 0.6) is 0 Å². The summed E-state index contributed by atoms with van der Waals surface area (Å²) in [6.45, 7) is 0.353. The molecule has 0 unspecified atom stereocenters. The van der Waals surface area contributed by atoms with Gasteiger partial charge in [-0.15, -0.1) is 11.3 Å². The SMILES string of the molecule is N#CCCn1cnc2scc(-c3ccco3)c2c1=O. The normalized spacial score (nSPS) is 10.7. The summed E-state index contributed by atoms with van der Waals surface area (Å²) in [5.41, 5.74) is 0.627. The molecular weight excluding hydrogens is 262 g/mol. The lowest BCUT2D eigenvalue weighted by Crippen LogP contribution is -2.20. The van der Waals surface area contributed by atoms with Gasteiger partial charge >= 0.3 is 0 Å². The summed E-state index contributed by atoms with van der Waals surface area (Å²) in [5, 5.41) is 11.0. The van der Waals surface area contributed by atoms with Gasteiger partial charge in [0, 0.05) is 17.5 Å². The Labute approximate surface area is 112 Å². The molecule has 0 N–H and O–H groups in total. The van der Waals surface area contributed by atoms with E-state index in [0.717, 1.165) is 5.56 Å². The van der Waals surface area contributed by atoms with Crippen LogP contribution in [0.25, 0.3) is 21.5 Å². The molecule has 0 fully saturated rings. The standard InChI is InChI=1S/C13H9N3O2S/c14-4-2-5-16-8-15-12-11(13(16)17)9(7-19-12)10-3-1-6-18-10/h1,3,6-8H,2,5H2. The van der Waals surface area contributed by atoms with Crippen molar-refractivity contribution >= 4 is 21.6 Å². The Hall–Kier alpha value is -2.39. The molecule has 0 saturated heterocycles. The Morgan fingerprint density at radius 2 is 2.42 bits per heavy atom. The van der Waals surface area contributed by atoms with E-state index in [1.807, 2.05) is 17.5 Å². The van der Waals surface area contributed by atoms with Gasteiger partial charge in [0.1, 0.15) is 10.6 Å². The Kier molecular flexibility index (Phi) is 2.89. The van der Waals surface area contributed by atoms with E-state index in [4.69, 9.17) is 9.68 Å². The van der Waals surface area contributed by atoms with Crippen LogP contribution < -0.4 is 5.56 Å². The second-order valence-corrected chi connectivity index (χ2v) is 4.82. The second kappa shape index (κ2) is 4.71. The Balaban J connectivity index is 2.21. The van der Waals surface area contributed by atoms with E-state index in [0.29, 0.717) is 22.5 Å². The molecule has 3 aromatic heterocycles. The number of nitriles is 1. The van der Waals surface area contributed by atoms with Crippen molar-refractivity contribution in [2.24, 2.45) is 0 Å². The molecule has 0 radical (unpaired) electrons. The second-order valence-electron chi connectivity index (χ2n) is 3.96. The van der Waals surface area contributed by atoms with Crippen molar-refractivity contribution < 1.29 is 4.42 Å². The fraction of sp³-hybridized carbons (Fsp3) is 0.154. The number of aryl methyl sites for hydroxylation is 1. The van der Waals surface area contributed by atoms with Gasteiger partial charge in [-0.05, 0) is 12.1 Å². The molecule has 3 heterocycles. The highest BCUT2D eigenvalue weighted by Gasteiger charge is 2.14. The minimum absolute atomic E-state index is 0.132. The van der Waals surface area contributed by atoms with E-state index in [-0.39, 0.29) is 12.0 Å². The van der Waals surface area contributed by atoms with Crippen molar-refractivity contribution in [3.63, 3.8) is 0 Å². The molecule has 0 aliphatic heterocycles. The van der Waals surface area contributed by atoms with Crippen LogP contribution in [0.1, 0.15) is 6.42 Å². The quantitative estimate of drug-likeness (QED) is 0.734. The summed E-state index contributed by atoms with van der Waals surface area (Å²) in [4.78, 5) is 17.3. The molecule has 5 nitrogen and oxygen atoms in total. The molecule has 0 atom stereocenters. The topological polar surface area (TPSA) is 71.8 Å². The van der Waals surface area contributed by atoms with Gasteiger partial charge < -0.3 is 4.42 Å². The summed E-state index contributed by atoms with van der Waals surface area (Å²) in [6, 6.07) is 5.62. The zero-order valence-electron chi connectivity index (χ0n) is 9.87. The van der Waals surface area contributed by atoms with Gasteiger partial charge in [-0.2, -0.15) is 5.26 Å². The van der Waals surface area contributed by atoms with Gasteiger partial charge in [0.15, 0.2) is 0 Å². The summed E-state index contributed by atoms with van der Waals surface area (Å²) in [6.07, 6.45) is 3.35. The van der Waals surface area contributed by atoms with E-state index in [2.05, 4.69) is 4.98 Å². The molecule has 0 aliphatic carbocycles. The lowest BCUT2D eigenvalue weighted by Gasteiger charge is -2.02. The number of rotatable bonds is 3. The third-order valence-electron chi connectivity index (χ3n) is 2.81. The number of thiophene rings is 1. The monoisotopic (exact) mass is 271 g/mol. The molecule has 6 heteroatoms. The maximum Gasteiger partial charge on any atom is 0.262 e. The van der Waals surface area contributed by atoms with Crippen molar-refractivity contribution in [2.45, 2.75) is 13.0 Å². The van der Waals surface area contributed by atoms with Gasteiger partial charge in [-0.25, -0.2) is 4.98 Å². The van der Waals surface area contributed by atoms with E-state index in [1.54, 1.807) is 12.3 Å². The first-order valence-electron chi connectivity index (χ1n) is 5.68. The lowest BCUT2D eigenvalue weighted by molar-refractivity contribution is 0.583. The molecule has 0 spiro atoms. The molecule has 0 bridgehead atoms. The molecule has 0 amide bonds. The molecule has 19 heavy (non-hydrogen) atoms. The average Bonchev–Trinajstić information content (AvgIpc) is 3.06. The molecule has 3 aromatic rings. The van der Waals surface area contributed by atoms with E-state index in [1.165, 1.54) is 22.2 Å². The lowest BCUT2D eigenvalue weighted by atomic mass is 10.2. The highest BCUT2D eigenvalue weighted by molar-refractivity contribution is 7.17. The first-order valence-corrected chi connectivity index (χ1v) is 6.56. The fourth-order valence-corrected chi connectivity index (χ4v) is 2.80. The van der Waals surface area contributed by atoms with Crippen LogP contribution in [0.2, 0.25) is 0 Å². The van der Waals surface area contributed by atoms with Crippen molar-refractivity contribution in [1.82, 2.24) is 9.55 Å². The third kappa shape index (κ3) is 1.94. The Bertz CT molecular complexity index is 809. The largest absolute Gasteiger partial charge is 0.464 e. The van der Waals surface area contributed by atoms with E-state index in [9.17, 15) is 4.79 Å². The van der Waals surface area contributed by atoms with Crippen LogP contribution in [-0.2, 0) is 6.54 Å². The summed E-state index contributed by atoms with van der Waals surface area (Å²) < 4.78 is 6.80. The Morgan fingerprint density at radius 3 is 3.16 bits per heavy atom. The van der Waals surface area contributed by atoms with Crippen LogP contribution in [0, 0.1) is 11.3 Å². The first-order chi connectivity index (χ1) is 9.31. The Morgan fingerprint density at radius 1 is 1.53 bits per heavy atom. The minimum atomic E-state index is -0.132. The smallest absolute Gasteiger partial charge is 0.262 e. The van der Waals surface area contributed by atoms with Crippen LogP contribution in [0.15, 0.2) is 39.3 Å². The third-order valence-corrected chi connectivity index (χ3v) is 3.70. The average molecular weight is 271 g/mol. The van der Waals surface area contributed by atoms with Crippen molar-refractivity contribution in [2.75, 3.05) is 0 Å². The molecule has 0 aromatic carbocycles. The van der Waals surface area contributed by atoms with Crippen molar-refractivity contribution in [1.29, 1.82) is 5.26 Å². The van der Waals surface area contributed by atoms with Crippen LogP contribution in [0.4, 0.5) is 0 Å². The molecule has 0 saturated carbocycles. The van der Waals surface area contributed by atoms with Crippen LogP contribution >= 0.6 is 11.3 Å². The number of hydrogen-bond acceptors (Lipinski definition) is 5. The van der Waals surface area contributed by atoms with Gasteiger partial charge in [0.25, 0.3) is 5.56 Å². The minimum Gasteiger partial charge on any atom is -0.464 e. The summed E-state index contributed by atoms with van der Waals surface area (Å²) >= 11 is 1.41. The zero-order valence-corrected chi connectivity index (χ0v) is 10.7. The maximum atomic E-state index is 12.4. The molecule has 94 valence electrons. The number of furan rings is 1. The molecule has 0 aliphatic rings.